The molecule has 3 saturated heterocycles. The Morgan fingerprint density at radius 2 is 1.54 bits per heavy atom. The zero-order chi connectivity index (χ0) is 41.6. The largest absolute Gasteiger partial charge is 0.619 e. The number of ether oxygens (including phenoxy) is 5. The van der Waals surface area contributed by atoms with Crippen LogP contribution in [0.3, 0.4) is 0 Å². The average Bonchev–Trinajstić information content (AvgIpc) is 3.25. The summed E-state index contributed by atoms with van der Waals surface area (Å²) in [7, 11) is 4.49. The molecular weight excluding hydrogens is 797 g/mol. The SMILES string of the molecule is COc1ccc(C(Cc2c(Cl)c[n+]([O-])cc2Cl)c2c(OC)cc(COc3cccc([C@@H](NC(=O)O[C@H]4CN5CCC4CC5)c4ccccc4)c3)cc2C(=O)O)cc1OC. The van der Waals surface area contributed by atoms with Crippen molar-refractivity contribution in [2.45, 2.75) is 43.9 Å². The number of nitrogens with zero attached hydrogens (tertiary/aromatic N) is 2. The number of hydrogen-bond acceptors (Lipinski definition) is 9. The Hall–Kier alpha value is -5.69. The van der Waals surface area contributed by atoms with Gasteiger partial charge in [-0.3, -0.25) is 4.90 Å². The van der Waals surface area contributed by atoms with Crippen LogP contribution in [0.2, 0.25) is 10.0 Å². The van der Waals surface area contributed by atoms with Gasteiger partial charge in [-0.15, -0.1) is 0 Å². The van der Waals surface area contributed by atoms with E-state index < -0.39 is 24.0 Å². The summed E-state index contributed by atoms with van der Waals surface area (Å²) in [5.74, 6) is 0.179. The lowest BCUT2D eigenvalue weighted by Crippen LogP contribution is -2.52. The van der Waals surface area contributed by atoms with Gasteiger partial charge in [0.05, 0.1) is 32.9 Å². The van der Waals surface area contributed by atoms with Gasteiger partial charge < -0.3 is 39.3 Å². The van der Waals surface area contributed by atoms with Gasteiger partial charge in [0.2, 0.25) is 0 Å². The van der Waals surface area contributed by atoms with Crippen molar-refractivity contribution in [3.8, 4) is 23.0 Å². The topological polar surface area (TPSA) is 143 Å². The molecule has 3 aliphatic rings. The van der Waals surface area contributed by atoms with E-state index in [9.17, 15) is 19.9 Å². The van der Waals surface area contributed by atoms with Crippen molar-refractivity contribution >= 4 is 35.3 Å². The van der Waals surface area contributed by atoms with Gasteiger partial charge in [-0.25, -0.2) is 9.59 Å². The fourth-order valence-corrected chi connectivity index (χ4v) is 8.75. The molecule has 3 aliphatic heterocycles. The van der Waals surface area contributed by atoms with Crippen molar-refractivity contribution in [1.82, 2.24) is 10.2 Å². The molecule has 0 saturated carbocycles. The second-order valence-electron chi connectivity index (χ2n) is 14.7. The lowest BCUT2D eigenvalue weighted by molar-refractivity contribution is -0.605. The minimum atomic E-state index is -1.20. The number of methoxy groups -OCH3 is 3. The van der Waals surface area contributed by atoms with Gasteiger partial charge >= 0.3 is 12.1 Å². The molecule has 0 aliphatic carbocycles. The Morgan fingerprint density at radius 3 is 2.19 bits per heavy atom. The summed E-state index contributed by atoms with van der Waals surface area (Å²) in [5.41, 5.74) is 3.60. The zero-order valence-corrected chi connectivity index (χ0v) is 34.4. The van der Waals surface area contributed by atoms with Crippen LogP contribution in [0.1, 0.15) is 68.5 Å². The molecule has 2 bridgehead atoms. The highest BCUT2D eigenvalue weighted by atomic mass is 35.5. The average molecular weight is 843 g/mol. The minimum absolute atomic E-state index is 0.00766. The number of piperidine rings is 3. The first-order valence-corrected chi connectivity index (χ1v) is 20.0. The summed E-state index contributed by atoms with van der Waals surface area (Å²) in [4.78, 5) is 28.9. The van der Waals surface area contributed by atoms with E-state index in [1.54, 1.807) is 36.4 Å². The van der Waals surface area contributed by atoms with E-state index in [1.807, 2.05) is 48.5 Å². The van der Waals surface area contributed by atoms with Crippen molar-refractivity contribution in [2.24, 2.45) is 5.92 Å². The van der Waals surface area contributed by atoms with Gasteiger partial charge in [0, 0.05) is 23.6 Å². The second kappa shape index (κ2) is 18.5. The number of rotatable bonds is 15. The molecule has 8 rings (SSSR count). The summed E-state index contributed by atoms with van der Waals surface area (Å²) in [6.45, 7) is 2.83. The molecule has 2 N–H and O–H groups in total. The maximum Gasteiger partial charge on any atom is 0.408 e. The number of nitrogens with one attached hydrogen (secondary N) is 1. The molecule has 1 unspecified atom stereocenters. The van der Waals surface area contributed by atoms with Crippen LogP contribution >= 0.6 is 23.2 Å². The fraction of sp³-hybridized carbons (Fsp3) is 0.311. The number of aromatic nitrogens is 1. The normalized spacial score (nSPS) is 18.0. The van der Waals surface area contributed by atoms with E-state index in [1.165, 1.54) is 33.7 Å². The van der Waals surface area contributed by atoms with Crippen LogP contribution in [0.5, 0.6) is 23.0 Å². The van der Waals surface area contributed by atoms with E-state index in [4.69, 9.17) is 46.9 Å². The third-order valence-corrected chi connectivity index (χ3v) is 11.8. The highest BCUT2D eigenvalue weighted by Crippen LogP contribution is 2.43. The number of carbonyl (C=O) groups excluding carboxylic acids is 1. The van der Waals surface area contributed by atoms with Gasteiger partial charge in [0.1, 0.15) is 34.3 Å². The van der Waals surface area contributed by atoms with E-state index >= 15 is 0 Å². The minimum Gasteiger partial charge on any atom is -0.619 e. The molecular formula is C45H45Cl2N3O9. The van der Waals surface area contributed by atoms with Crippen LogP contribution in [0.4, 0.5) is 4.79 Å². The summed E-state index contributed by atoms with van der Waals surface area (Å²) >= 11 is 13.1. The van der Waals surface area contributed by atoms with Crippen LogP contribution in [-0.2, 0) is 17.8 Å². The van der Waals surface area contributed by atoms with Crippen LogP contribution in [0.15, 0.2) is 97.3 Å². The van der Waals surface area contributed by atoms with E-state index in [0.717, 1.165) is 43.6 Å². The molecule has 4 heterocycles. The number of hydrogen-bond donors (Lipinski definition) is 2. The van der Waals surface area contributed by atoms with Crippen molar-refractivity contribution in [2.75, 3.05) is 41.0 Å². The molecule has 59 heavy (non-hydrogen) atoms. The Balaban J connectivity index is 1.18. The van der Waals surface area contributed by atoms with Crippen molar-refractivity contribution in [1.29, 1.82) is 0 Å². The molecule has 1 aromatic heterocycles. The first-order valence-electron chi connectivity index (χ1n) is 19.2. The molecule has 3 fully saturated rings. The van der Waals surface area contributed by atoms with Crippen molar-refractivity contribution in [3.63, 3.8) is 0 Å². The van der Waals surface area contributed by atoms with Gasteiger partial charge in [-0.05, 0) is 96.9 Å². The Morgan fingerprint density at radius 1 is 0.847 bits per heavy atom. The smallest absolute Gasteiger partial charge is 0.408 e. The summed E-state index contributed by atoms with van der Waals surface area (Å²) in [5, 5.41) is 26.2. The second-order valence-corrected chi connectivity index (χ2v) is 15.5. The zero-order valence-electron chi connectivity index (χ0n) is 32.9. The quantitative estimate of drug-likeness (QED) is 0.0782. The predicted octanol–water partition coefficient (Wildman–Crippen LogP) is 8.21. The molecule has 3 atom stereocenters. The van der Waals surface area contributed by atoms with Crippen molar-refractivity contribution in [3.05, 3.63) is 152 Å². The monoisotopic (exact) mass is 841 g/mol. The number of carboxylic acids is 1. The lowest BCUT2D eigenvalue weighted by Gasteiger charge is -2.43. The third-order valence-electron chi connectivity index (χ3n) is 11.1. The van der Waals surface area contributed by atoms with Gasteiger partial charge in [-0.1, -0.05) is 71.7 Å². The van der Waals surface area contributed by atoms with E-state index in [-0.39, 0.29) is 40.5 Å². The summed E-state index contributed by atoms with van der Waals surface area (Å²) < 4.78 is 29.8. The van der Waals surface area contributed by atoms with Crippen LogP contribution in [-0.4, -0.2) is 69.1 Å². The lowest BCUT2D eigenvalue weighted by atomic mass is 9.82. The molecule has 0 spiro atoms. The summed E-state index contributed by atoms with van der Waals surface area (Å²) in [6.07, 6.45) is 3.94. The first-order chi connectivity index (χ1) is 28.5. The number of amides is 1. The Kier molecular flexibility index (Phi) is 13.0. The van der Waals surface area contributed by atoms with Gasteiger partial charge in [-0.2, -0.15) is 4.73 Å². The van der Waals surface area contributed by atoms with Gasteiger partial charge in [0.15, 0.2) is 23.9 Å². The summed E-state index contributed by atoms with van der Waals surface area (Å²) in [6, 6.07) is 25.1. The number of halogens is 2. The fourth-order valence-electron chi connectivity index (χ4n) is 8.15. The van der Waals surface area contributed by atoms with E-state index in [0.29, 0.717) is 50.2 Å². The maximum atomic E-state index is 13.4. The number of aromatic carboxylic acids is 1. The molecule has 5 aromatic rings. The Labute approximate surface area is 352 Å². The molecule has 1 amide bonds. The Bertz CT molecular complexity index is 2280. The molecule has 4 aromatic carbocycles. The highest BCUT2D eigenvalue weighted by Gasteiger charge is 2.37. The van der Waals surface area contributed by atoms with Crippen molar-refractivity contribution < 1.29 is 43.1 Å². The first kappa shape index (κ1) is 41.5. The number of carboxylic acid groups (broad SMARTS) is 1. The molecule has 14 heteroatoms. The molecule has 12 nitrogen and oxygen atoms in total. The predicted molar refractivity (Wildman–Crippen MR) is 222 cm³/mol. The highest BCUT2D eigenvalue weighted by molar-refractivity contribution is 6.35. The van der Waals surface area contributed by atoms with Crippen LogP contribution in [0, 0.1) is 11.1 Å². The third kappa shape index (κ3) is 9.46. The number of pyridine rings is 1. The molecule has 308 valence electrons. The number of fused-ring (bicyclic) bond motifs is 3. The van der Waals surface area contributed by atoms with Crippen LogP contribution < -0.4 is 29.0 Å². The maximum absolute atomic E-state index is 13.4. The number of alkyl carbamates (subject to hydrolysis) is 1. The van der Waals surface area contributed by atoms with Gasteiger partial charge in [0.25, 0.3) is 0 Å². The molecule has 0 radical (unpaired) electrons. The van der Waals surface area contributed by atoms with E-state index in [2.05, 4.69) is 10.2 Å². The van der Waals surface area contributed by atoms with Crippen LogP contribution in [0.25, 0.3) is 0 Å². The number of benzene rings is 4. The standard InChI is InChI=1S/C45H45Cl2N3O9/c1-55-38-13-12-30(21-39(38)56-2)33(22-34-36(46)23-50(54)24-37(34)47)42-35(44(51)52)18-27(19-40(42)57-3)26-58-32-11-7-10-31(20-32)43(29-8-5-4-6-9-29)48-45(53)59-41-25-49-16-14-28(41)15-17-49/h4-13,18-21,23-24,28,33,41,43H,14-17,22,25-26H2,1-3H3,(H,48,53)(H,51,52)/t33?,41-,43-/m0/s1. The number of carbonyl (C=O) groups is 2.